The van der Waals surface area contributed by atoms with Gasteiger partial charge in [0.2, 0.25) is 11.7 Å². The molecule has 7 heteroatoms. The Labute approximate surface area is 140 Å². The van der Waals surface area contributed by atoms with E-state index in [1.54, 1.807) is 7.11 Å². The average Bonchev–Trinajstić information content (AvgIpc) is 3.10. The number of ether oxygens (including phenoxy) is 1. The van der Waals surface area contributed by atoms with Crippen LogP contribution in [-0.2, 0) is 4.79 Å². The second-order valence-electron chi connectivity index (χ2n) is 6.09. The monoisotopic (exact) mass is 330 g/mol. The number of benzene rings is 1. The Morgan fingerprint density at radius 2 is 2.38 bits per heavy atom. The Morgan fingerprint density at radius 1 is 1.50 bits per heavy atom. The van der Waals surface area contributed by atoms with Gasteiger partial charge in [-0.25, -0.2) is 0 Å². The van der Waals surface area contributed by atoms with Crippen LogP contribution in [0.1, 0.15) is 25.7 Å². The van der Waals surface area contributed by atoms with Gasteiger partial charge in [-0.05, 0) is 37.3 Å². The van der Waals surface area contributed by atoms with Crippen LogP contribution >= 0.6 is 0 Å². The maximum atomic E-state index is 11.0. The van der Waals surface area contributed by atoms with Gasteiger partial charge in [-0.3, -0.25) is 4.79 Å². The first-order valence-corrected chi connectivity index (χ1v) is 8.17. The van der Waals surface area contributed by atoms with Gasteiger partial charge in [0.05, 0.1) is 7.11 Å². The third kappa shape index (κ3) is 3.84. The number of amides is 1. The number of primary amides is 1. The van der Waals surface area contributed by atoms with Crippen LogP contribution in [0, 0.1) is 5.92 Å². The lowest BCUT2D eigenvalue weighted by Gasteiger charge is -2.31. The topological polar surface area (TPSA) is 94.5 Å². The Balaban J connectivity index is 1.69. The molecule has 1 fully saturated rings. The van der Waals surface area contributed by atoms with Crippen molar-refractivity contribution in [2.45, 2.75) is 25.7 Å². The van der Waals surface area contributed by atoms with Gasteiger partial charge in [0.25, 0.3) is 0 Å². The summed E-state index contributed by atoms with van der Waals surface area (Å²) in [6, 6.07) is 8.09. The second kappa shape index (κ2) is 7.33. The number of piperidine rings is 1. The van der Waals surface area contributed by atoms with Gasteiger partial charge < -0.3 is 19.9 Å². The number of carbonyl (C=O) groups is 1. The first-order chi connectivity index (χ1) is 11.7. The lowest BCUT2D eigenvalue weighted by molar-refractivity contribution is -0.118. The van der Waals surface area contributed by atoms with Crippen molar-refractivity contribution in [1.29, 1.82) is 0 Å². The zero-order chi connectivity index (χ0) is 16.9. The van der Waals surface area contributed by atoms with Crippen molar-refractivity contribution in [3.05, 3.63) is 24.3 Å². The lowest BCUT2D eigenvalue weighted by Crippen LogP contribution is -2.36. The number of methoxy groups -OCH3 is 1. The molecule has 2 heterocycles. The van der Waals surface area contributed by atoms with Gasteiger partial charge in [-0.15, -0.1) is 0 Å². The highest BCUT2D eigenvalue weighted by molar-refractivity contribution is 5.73. The highest BCUT2D eigenvalue weighted by Crippen LogP contribution is 2.27. The van der Waals surface area contributed by atoms with Gasteiger partial charge in [-0.2, -0.15) is 4.98 Å². The van der Waals surface area contributed by atoms with Gasteiger partial charge in [0, 0.05) is 25.1 Å². The molecule has 1 atom stereocenters. The Hall–Kier alpha value is -2.57. The minimum atomic E-state index is -0.245. The van der Waals surface area contributed by atoms with E-state index in [0.29, 0.717) is 24.2 Å². The van der Waals surface area contributed by atoms with E-state index in [4.69, 9.17) is 15.0 Å². The molecule has 3 rings (SSSR count). The van der Waals surface area contributed by atoms with E-state index < -0.39 is 0 Å². The number of anilines is 1. The van der Waals surface area contributed by atoms with E-state index in [2.05, 4.69) is 15.0 Å². The third-order valence-corrected chi connectivity index (χ3v) is 4.33. The molecule has 1 unspecified atom stereocenters. The van der Waals surface area contributed by atoms with Crippen LogP contribution in [0.2, 0.25) is 0 Å². The highest BCUT2D eigenvalue weighted by Gasteiger charge is 2.24. The van der Waals surface area contributed by atoms with E-state index >= 15 is 0 Å². The molecule has 1 aliphatic rings. The van der Waals surface area contributed by atoms with Crippen LogP contribution < -0.4 is 15.4 Å². The summed E-state index contributed by atoms with van der Waals surface area (Å²) in [6.07, 6.45) is 3.38. The summed E-state index contributed by atoms with van der Waals surface area (Å²) in [5, 5.41) is 4.08. The first-order valence-electron chi connectivity index (χ1n) is 8.17. The number of rotatable bonds is 6. The number of hydrogen-bond donors (Lipinski definition) is 1. The molecule has 0 saturated carbocycles. The van der Waals surface area contributed by atoms with Crippen molar-refractivity contribution >= 4 is 11.9 Å². The fourth-order valence-electron chi connectivity index (χ4n) is 3.04. The molecule has 1 amide bonds. The summed E-state index contributed by atoms with van der Waals surface area (Å²) in [4.78, 5) is 17.6. The molecule has 0 bridgehead atoms. The van der Waals surface area contributed by atoms with Crippen LogP contribution in [0.25, 0.3) is 11.4 Å². The Morgan fingerprint density at radius 3 is 3.17 bits per heavy atom. The Bertz CT molecular complexity index is 701. The number of aromatic nitrogens is 2. The molecule has 1 aliphatic heterocycles. The standard InChI is InChI=1S/C17H22N4O3/c1-23-14-6-2-5-13(10-14)16-19-17(24-20-16)21-9-3-4-12(11-21)7-8-15(18)22/h2,5-6,10,12H,3-4,7-9,11H2,1H3,(H2,18,22). The molecule has 0 spiro atoms. The molecule has 1 saturated heterocycles. The minimum absolute atomic E-state index is 0.245. The third-order valence-electron chi connectivity index (χ3n) is 4.33. The number of hydrogen-bond acceptors (Lipinski definition) is 6. The Kier molecular flexibility index (Phi) is 4.98. The van der Waals surface area contributed by atoms with Gasteiger partial charge in [0.1, 0.15) is 5.75 Å². The number of carbonyl (C=O) groups excluding carboxylic acids is 1. The molecule has 0 aliphatic carbocycles. The summed E-state index contributed by atoms with van der Waals surface area (Å²) in [6.45, 7) is 1.69. The van der Waals surface area contributed by atoms with Crippen molar-refractivity contribution < 1.29 is 14.1 Å². The molecule has 0 radical (unpaired) electrons. The quantitative estimate of drug-likeness (QED) is 0.873. The van der Waals surface area contributed by atoms with Crippen LogP contribution in [0.3, 0.4) is 0 Å². The maximum absolute atomic E-state index is 11.0. The van der Waals surface area contributed by atoms with Crippen molar-refractivity contribution in [3.63, 3.8) is 0 Å². The molecule has 24 heavy (non-hydrogen) atoms. The van der Waals surface area contributed by atoms with Crippen molar-refractivity contribution in [2.75, 3.05) is 25.1 Å². The van der Waals surface area contributed by atoms with E-state index in [9.17, 15) is 4.79 Å². The molecule has 128 valence electrons. The maximum Gasteiger partial charge on any atom is 0.324 e. The van der Waals surface area contributed by atoms with Gasteiger partial charge in [0.15, 0.2) is 0 Å². The molecular formula is C17H22N4O3. The fourth-order valence-corrected chi connectivity index (χ4v) is 3.04. The van der Waals surface area contributed by atoms with Crippen molar-refractivity contribution in [2.24, 2.45) is 11.7 Å². The van der Waals surface area contributed by atoms with E-state index in [1.165, 1.54) is 0 Å². The molecular weight excluding hydrogens is 308 g/mol. The number of nitrogens with zero attached hydrogens (tertiary/aromatic N) is 3. The summed E-state index contributed by atoms with van der Waals surface area (Å²) in [5.74, 6) is 1.48. The predicted molar refractivity (Wildman–Crippen MR) is 89.7 cm³/mol. The summed E-state index contributed by atoms with van der Waals surface area (Å²) < 4.78 is 10.7. The summed E-state index contributed by atoms with van der Waals surface area (Å²) in [7, 11) is 1.63. The highest BCUT2D eigenvalue weighted by atomic mass is 16.5. The minimum Gasteiger partial charge on any atom is -0.497 e. The zero-order valence-corrected chi connectivity index (χ0v) is 13.8. The molecule has 1 aromatic heterocycles. The molecule has 2 N–H and O–H groups in total. The van der Waals surface area contributed by atoms with Crippen molar-refractivity contribution in [3.8, 4) is 17.1 Å². The second-order valence-corrected chi connectivity index (χ2v) is 6.09. The molecule has 7 nitrogen and oxygen atoms in total. The lowest BCUT2D eigenvalue weighted by atomic mass is 9.93. The van der Waals surface area contributed by atoms with Crippen LogP contribution in [0.4, 0.5) is 6.01 Å². The summed E-state index contributed by atoms with van der Waals surface area (Å²) in [5.41, 5.74) is 6.10. The smallest absolute Gasteiger partial charge is 0.324 e. The molecule has 1 aromatic carbocycles. The number of nitrogens with two attached hydrogens (primary N) is 1. The first kappa shape index (κ1) is 16.3. The normalized spacial score (nSPS) is 17.7. The van der Waals surface area contributed by atoms with Crippen molar-refractivity contribution in [1.82, 2.24) is 10.1 Å². The van der Waals surface area contributed by atoms with Crippen LogP contribution in [-0.4, -0.2) is 36.2 Å². The average molecular weight is 330 g/mol. The zero-order valence-electron chi connectivity index (χ0n) is 13.8. The van der Waals surface area contributed by atoms with E-state index in [0.717, 1.165) is 43.7 Å². The van der Waals surface area contributed by atoms with Crippen LogP contribution in [0.15, 0.2) is 28.8 Å². The van der Waals surface area contributed by atoms with Crippen LogP contribution in [0.5, 0.6) is 5.75 Å². The largest absolute Gasteiger partial charge is 0.497 e. The van der Waals surface area contributed by atoms with Gasteiger partial charge in [-0.1, -0.05) is 17.3 Å². The fraction of sp³-hybridized carbons (Fsp3) is 0.471. The molecule has 2 aromatic rings. The SMILES string of the molecule is COc1cccc(-c2noc(N3CCCC(CCC(N)=O)C3)n2)c1. The summed E-state index contributed by atoms with van der Waals surface area (Å²) >= 11 is 0. The van der Waals surface area contributed by atoms with E-state index in [1.807, 2.05) is 24.3 Å². The van der Waals surface area contributed by atoms with Gasteiger partial charge >= 0.3 is 6.01 Å². The predicted octanol–water partition coefficient (Wildman–Crippen LogP) is 2.23. The van der Waals surface area contributed by atoms with E-state index in [-0.39, 0.29) is 5.91 Å².